The number of anilines is 1. The maximum atomic E-state index is 13.2. The van der Waals surface area contributed by atoms with Crippen LogP contribution >= 0.6 is 23.8 Å². The lowest BCUT2D eigenvalue weighted by Gasteiger charge is -2.55. The molecular weight excluding hydrogens is 443 g/mol. The zero-order valence-corrected chi connectivity index (χ0v) is 18.9. The quantitative estimate of drug-likeness (QED) is 0.404. The van der Waals surface area contributed by atoms with Crippen molar-refractivity contribution in [2.75, 3.05) is 25.0 Å². The SMILES string of the molecule is FC(F)(F)c1ccc(Cl)c(NC(=S)N2CCCC3=C[C@H]4C[C@H](CN5CCCC[C@H]45)[C@@H]32)c1. The minimum Gasteiger partial charge on any atom is -0.342 e. The molecule has 3 heterocycles. The smallest absolute Gasteiger partial charge is 0.342 e. The molecule has 8 heteroatoms. The van der Waals surface area contributed by atoms with Gasteiger partial charge in [-0.1, -0.05) is 29.7 Å². The number of halogens is 4. The molecule has 3 fully saturated rings. The Morgan fingerprint density at radius 3 is 2.81 bits per heavy atom. The minimum absolute atomic E-state index is 0.214. The number of alkyl halides is 3. The Labute approximate surface area is 191 Å². The second-order valence-corrected chi connectivity index (χ2v) is 10.1. The van der Waals surface area contributed by atoms with Gasteiger partial charge in [0.05, 0.1) is 22.3 Å². The molecule has 0 unspecified atom stereocenters. The van der Waals surface area contributed by atoms with E-state index in [2.05, 4.69) is 21.2 Å². The van der Waals surface area contributed by atoms with Gasteiger partial charge in [0.25, 0.3) is 0 Å². The lowest BCUT2D eigenvalue weighted by Crippen LogP contribution is -2.60. The molecule has 0 amide bonds. The van der Waals surface area contributed by atoms with Gasteiger partial charge in [-0.05, 0) is 80.9 Å². The fourth-order valence-electron chi connectivity index (χ4n) is 6.19. The van der Waals surface area contributed by atoms with Crippen LogP contribution in [0.4, 0.5) is 18.9 Å². The zero-order chi connectivity index (χ0) is 21.8. The molecule has 3 saturated heterocycles. The van der Waals surface area contributed by atoms with Gasteiger partial charge in [0.15, 0.2) is 5.11 Å². The maximum Gasteiger partial charge on any atom is 0.416 e. The van der Waals surface area contributed by atoms with E-state index in [-0.39, 0.29) is 16.8 Å². The number of nitrogens with zero attached hydrogens (tertiary/aromatic N) is 2. The van der Waals surface area contributed by atoms with Crippen LogP contribution in [0.25, 0.3) is 0 Å². The van der Waals surface area contributed by atoms with Crippen molar-refractivity contribution in [3.05, 3.63) is 40.4 Å². The van der Waals surface area contributed by atoms with Crippen molar-refractivity contribution in [2.45, 2.75) is 56.8 Å². The molecule has 4 atom stereocenters. The van der Waals surface area contributed by atoms with Gasteiger partial charge in [-0.3, -0.25) is 4.90 Å². The summed E-state index contributed by atoms with van der Waals surface area (Å²) in [7, 11) is 0. The molecule has 3 nitrogen and oxygen atoms in total. The molecule has 1 aromatic carbocycles. The van der Waals surface area contributed by atoms with Crippen LogP contribution in [0.15, 0.2) is 29.8 Å². The largest absolute Gasteiger partial charge is 0.416 e. The van der Waals surface area contributed by atoms with Crippen LogP contribution in [0.1, 0.15) is 44.1 Å². The van der Waals surface area contributed by atoms with E-state index in [1.165, 1.54) is 43.9 Å². The minimum atomic E-state index is -4.42. The van der Waals surface area contributed by atoms with E-state index in [0.29, 0.717) is 23.0 Å². The van der Waals surface area contributed by atoms with Crippen LogP contribution in [-0.2, 0) is 6.18 Å². The van der Waals surface area contributed by atoms with Crippen LogP contribution in [0.3, 0.4) is 0 Å². The molecule has 1 N–H and O–H groups in total. The van der Waals surface area contributed by atoms with Crippen LogP contribution in [-0.4, -0.2) is 46.6 Å². The summed E-state index contributed by atoms with van der Waals surface area (Å²) in [5.41, 5.74) is 0.952. The van der Waals surface area contributed by atoms with E-state index in [0.717, 1.165) is 38.1 Å². The predicted octanol–water partition coefficient (Wildman–Crippen LogP) is 5.95. The van der Waals surface area contributed by atoms with Gasteiger partial charge in [0.1, 0.15) is 0 Å². The molecule has 5 rings (SSSR count). The molecular formula is C23H27ClF3N3S. The standard InChI is InChI=1S/C23H27ClF3N3S/c24-18-7-6-17(23(25,26)27)12-19(18)28-22(31)30-9-3-4-14-10-15-11-16(21(14)30)13-29-8-2-1-5-20(15)29/h6-7,10,12,15-16,20-21H,1-5,8-9,11,13H2,(H,28,31)/t15-,16+,20+,21+/m0/s1. The molecule has 0 radical (unpaired) electrons. The lowest BCUT2D eigenvalue weighted by molar-refractivity contribution is -0.137. The van der Waals surface area contributed by atoms with Crippen molar-refractivity contribution in [1.29, 1.82) is 0 Å². The van der Waals surface area contributed by atoms with Gasteiger partial charge in [0.2, 0.25) is 0 Å². The normalized spacial score (nSPS) is 30.8. The summed E-state index contributed by atoms with van der Waals surface area (Å²) in [5, 5.41) is 3.75. The van der Waals surface area contributed by atoms with Crippen molar-refractivity contribution >= 4 is 34.6 Å². The second kappa shape index (κ2) is 8.23. The first kappa shape index (κ1) is 21.5. The summed E-state index contributed by atoms with van der Waals surface area (Å²) in [4.78, 5) is 4.87. The van der Waals surface area contributed by atoms with E-state index in [1.54, 1.807) is 0 Å². The van der Waals surface area contributed by atoms with Crippen molar-refractivity contribution in [3.63, 3.8) is 0 Å². The Kier molecular flexibility index (Phi) is 5.72. The summed E-state index contributed by atoms with van der Waals surface area (Å²) in [6.07, 6.45) is 5.26. The number of nitrogens with one attached hydrogen (secondary N) is 1. The first-order valence-corrected chi connectivity index (χ1v) is 12.0. The first-order valence-electron chi connectivity index (χ1n) is 11.2. The summed E-state index contributed by atoms with van der Waals surface area (Å²) in [6, 6.07) is 4.24. The highest BCUT2D eigenvalue weighted by Crippen LogP contribution is 2.45. The van der Waals surface area contributed by atoms with Crippen LogP contribution in [0.5, 0.6) is 0 Å². The van der Waals surface area contributed by atoms with Gasteiger partial charge in [-0.15, -0.1) is 0 Å². The highest BCUT2D eigenvalue weighted by molar-refractivity contribution is 7.80. The van der Waals surface area contributed by atoms with E-state index >= 15 is 0 Å². The molecule has 2 bridgehead atoms. The number of thiocarbonyl (C=S) groups is 1. The summed E-state index contributed by atoms with van der Waals surface area (Å²) >= 11 is 11.9. The van der Waals surface area contributed by atoms with E-state index in [9.17, 15) is 13.2 Å². The maximum absolute atomic E-state index is 13.2. The van der Waals surface area contributed by atoms with Gasteiger partial charge in [-0.25, -0.2) is 0 Å². The molecule has 3 aliphatic heterocycles. The van der Waals surface area contributed by atoms with Crippen molar-refractivity contribution < 1.29 is 13.2 Å². The van der Waals surface area contributed by atoms with Gasteiger partial charge in [0, 0.05) is 19.1 Å². The number of hydrogen-bond acceptors (Lipinski definition) is 2. The molecule has 1 aromatic rings. The van der Waals surface area contributed by atoms with Gasteiger partial charge < -0.3 is 10.2 Å². The number of piperidine rings is 3. The summed E-state index contributed by atoms with van der Waals surface area (Å²) < 4.78 is 39.5. The summed E-state index contributed by atoms with van der Waals surface area (Å²) in [5.74, 6) is 1.14. The Hall–Kier alpha value is -1.31. The molecule has 4 aliphatic rings. The zero-order valence-electron chi connectivity index (χ0n) is 17.3. The third-order valence-corrected chi connectivity index (χ3v) is 8.12. The van der Waals surface area contributed by atoms with Crippen LogP contribution in [0.2, 0.25) is 5.02 Å². The first-order chi connectivity index (χ1) is 14.8. The van der Waals surface area contributed by atoms with E-state index < -0.39 is 11.7 Å². The second-order valence-electron chi connectivity index (χ2n) is 9.32. The number of fused-ring (bicyclic) bond motifs is 6. The fraction of sp³-hybridized carbons (Fsp3) is 0.609. The van der Waals surface area contributed by atoms with Crippen molar-refractivity contribution in [3.8, 4) is 0 Å². The molecule has 0 spiro atoms. The number of likely N-dealkylation sites (tertiary alicyclic amines) is 1. The third-order valence-electron chi connectivity index (χ3n) is 7.45. The third kappa shape index (κ3) is 4.09. The molecule has 0 saturated carbocycles. The van der Waals surface area contributed by atoms with Crippen molar-refractivity contribution in [1.82, 2.24) is 9.80 Å². The van der Waals surface area contributed by atoms with Crippen LogP contribution in [0, 0.1) is 11.8 Å². The van der Waals surface area contributed by atoms with Gasteiger partial charge in [-0.2, -0.15) is 13.2 Å². The topological polar surface area (TPSA) is 18.5 Å². The lowest BCUT2D eigenvalue weighted by atomic mass is 9.68. The molecule has 31 heavy (non-hydrogen) atoms. The van der Waals surface area contributed by atoms with E-state index in [1.807, 2.05) is 0 Å². The van der Waals surface area contributed by atoms with Crippen LogP contribution < -0.4 is 5.32 Å². The van der Waals surface area contributed by atoms with Crippen molar-refractivity contribution in [2.24, 2.45) is 11.8 Å². The molecule has 0 aromatic heterocycles. The Morgan fingerprint density at radius 1 is 1.16 bits per heavy atom. The number of hydrogen-bond donors (Lipinski definition) is 1. The molecule has 1 aliphatic carbocycles. The molecule has 168 valence electrons. The monoisotopic (exact) mass is 469 g/mol. The highest BCUT2D eigenvalue weighted by Gasteiger charge is 2.46. The Balaban J connectivity index is 1.39. The average molecular weight is 470 g/mol. The Morgan fingerprint density at radius 2 is 2.00 bits per heavy atom. The number of benzene rings is 1. The van der Waals surface area contributed by atoms with Gasteiger partial charge >= 0.3 is 6.18 Å². The highest BCUT2D eigenvalue weighted by atomic mass is 35.5. The number of rotatable bonds is 1. The fourth-order valence-corrected chi connectivity index (χ4v) is 6.67. The summed E-state index contributed by atoms with van der Waals surface area (Å²) in [6.45, 7) is 3.08. The van der Waals surface area contributed by atoms with E-state index in [4.69, 9.17) is 23.8 Å². The predicted molar refractivity (Wildman–Crippen MR) is 121 cm³/mol. The Bertz CT molecular complexity index is 903. The average Bonchev–Trinajstić information content (AvgIpc) is 2.74.